The highest BCUT2D eigenvalue weighted by atomic mass is 127. The molecule has 4 aromatic carbocycles. The molecule has 0 atom stereocenters. The lowest BCUT2D eigenvalue weighted by molar-refractivity contribution is -0.647. The Balaban J connectivity index is 2.06. The van der Waals surface area contributed by atoms with E-state index >= 15 is 0 Å². The van der Waals surface area contributed by atoms with Gasteiger partial charge in [0.05, 0.1) is 18.6 Å². The molecule has 34 heavy (non-hydrogen) atoms. The van der Waals surface area contributed by atoms with Gasteiger partial charge in [0.1, 0.15) is 11.0 Å². The van der Waals surface area contributed by atoms with Crippen molar-refractivity contribution < 1.29 is 4.57 Å². The summed E-state index contributed by atoms with van der Waals surface area (Å²) in [6.07, 6.45) is 2.16. The molecule has 3 aromatic heterocycles. The summed E-state index contributed by atoms with van der Waals surface area (Å²) >= 11 is 2.47. The Kier molecular flexibility index (Phi) is 4.28. The molecule has 0 radical (unpaired) electrons. The third kappa shape index (κ3) is 2.59. The van der Waals surface area contributed by atoms with Gasteiger partial charge in [0.25, 0.3) is 5.65 Å². The number of hydrogen-bond donors (Lipinski definition) is 0. The van der Waals surface area contributed by atoms with Gasteiger partial charge in [-0.2, -0.15) is 4.40 Å². The smallest absolute Gasteiger partial charge is 0.236 e. The van der Waals surface area contributed by atoms with Crippen molar-refractivity contribution in [1.29, 1.82) is 0 Å². The number of rotatable bonds is 0. The highest BCUT2D eigenvalue weighted by Crippen LogP contribution is 2.39. The molecule has 0 aliphatic heterocycles. The van der Waals surface area contributed by atoms with Crippen molar-refractivity contribution in [2.45, 2.75) is 6.92 Å². The fourth-order valence-corrected chi connectivity index (χ4v) is 6.16. The molecule has 0 amide bonds. The number of halogens is 1. The van der Waals surface area contributed by atoms with Crippen molar-refractivity contribution >= 4 is 82.4 Å². The average Bonchev–Trinajstić information content (AvgIpc) is 3.22. The lowest BCUT2D eigenvalue weighted by atomic mass is 10.0. The standard InChI is InChI=1S/C31H22IN2/c1-19-28(32)17-16-26-25-14-7-13-24-22-11-5-3-9-20(22)21-10-4-6-12-23(21)27-15-8-18-33(2)31(27)34(29(19)26)30(24)25/h3-18H,1-2H3/q+1. The van der Waals surface area contributed by atoms with Crippen molar-refractivity contribution in [3.63, 3.8) is 0 Å². The first kappa shape index (κ1) is 20.0. The number of nitrogens with zero attached hydrogens (tertiary/aromatic N) is 2. The lowest BCUT2D eigenvalue weighted by Crippen LogP contribution is -2.29. The predicted octanol–water partition coefficient (Wildman–Crippen LogP) is 8.01. The van der Waals surface area contributed by atoms with Crippen molar-refractivity contribution in [2.75, 3.05) is 0 Å². The highest BCUT2D eigenvalue weighted by Gasteiger charge is 2.23. The van der Waals surface area contributed by atoms with Gasteiger partial charge in [-0.3, -0.25) is 0 Å². The van der Waals surface area contributed by atoms with Crippen LogP contribution >= 0.6 is 22.6 Å². The molecule has 3 heteroatoms. The average molecular weight is 549 g/mol. The summed E-state index contributed by atoms with van der Waals surface area (Å²) in [5.74, 6) is 0. The van der Waals surface area contributed by atoms with Crippen LogP contribution in [0.4, 0.5) is 0 Å². The van der Waals surface area contributed by atoms with Crippen LogP contribution in [0.2, 0.25) is 0 Å². The Labute approximate surface area is 210 Å². The van der Waals surface area contributed by atoms with Gasteiger partial charge in [0.2, 0.25) is 0 Å². The van der Waals surface area contributed by atoms with Crippen LogP contribution in [0.15, 0.2) is 97.2 Å². The Hall–Kier alpha value is -3.44. The van der Waals surface area contributed by atoms with Crippen LogP contribution in [-0.2, 0) is 7.05 Å². The molecule has 0 aliphatic carbocycles. The molecular formula is C31H22IN2+. The fraction of sp³-hybridized carbons (Fsp3) is 0.0645. The van der Waals surface area contributed by atoms with Gasteiger partial charge in [-0.15, -0.1) is 0 Å². The zero-order chi connectivity index (χ0) is 23.0. The second-order valence-electron chi connectivity index (χ2n) is 9.05. The quantitative estimate of drug-likeness (QED) is 0.134. The molecule has 162 valence electrons. The van der Waals surface area contributed by atoms with Crippen LogP contribution in [0.1, 0.15) is 5.56 Å². The van der Waals surface area contributed by atoms with E-state index in [2.05, 4.69) is 143 Å². The molecule has 3 heterocycles. The van der Waals surface area contributed by atoms with Crippen LogP contribution in [-0.4, -0.2) is 4.40 Å². The van der Waals surface area contributed by atoms with Gasteiger partial charge in [0, 0.05) is 25.3 Å². The van der Waals surface area contributed by atoms with E-state index in [0.29, 0.717) is 0 Å². The summed E-state index contributed by atoms with van der Waals surface area (Å²) < 4.78 is 6.08. The monoisotopic (exact) mass is 549 g/mol. The van der Waals surface area contributed by atoms with E-state index in [1.165, 1.54) is 68.9 Å². The van der Waals surface area contributed by atoms with Crippen LogP contribution in [0.25, 0.3) is 59.8 Å². The van der Waals surface area contributed by atoms with Gasteiger partial charge in [-0.25, -0.2) is 4.57 Å². The molecule has 0 fully saturated rings. The van der Waals surface area contributed by atoms with E-state index in [4.69, 9.17) is 0 Å². The number of aromatic nitrogens is 2. The van der Waals surface area contributed by atoms with Crippen LogP contribution in [0.3, 0.4) is 0 Å². The molecule has 0 saturated heterocycles. The van der Waals surface area contributed by atoms with E-state index in [9.17, 15) is 0 Å². The minimum absolute atomic E-state index is 1.19. The number of pyridine rings is 1. The third-order valence-electron chi connectivity index (χ3n) is 7.22. The normalized spacial score (nSPS) is 12.0. The van der Waals surface area contributed by atoms with Crippen molar-refractivity contribution in [3.8, 4) is 0 Å². The molecule has 0 N–H and O–H groups in total. The first-order valence-electron chi connectivity index (χ1n) is 11.6. The Morgan fingerprint density at radius 2 is 1.06 bits per heavy atom. The lowest BCUT2D eigenvalue weighted by Gasteiger charge is -2.04. The molecule has 7 rings (SSSR count). The second-order valence-corrected chi connectivity index (χ2v) is 10.2. The number of hydrogen-bond acceptors (Lipinski definition) is 0. The molecule has 2 nitrogen and oxygen atoms in total. The Morgan fingerprint density at radius 3 is 1.74 bits per heavy atom. The SMILES string of the molecule is Cc1c(I)ccc2c3cccc4c5ccccc5c5ccccc5c5ccc[n+](C)c5n(c12)c43. The van der Waals surface area contributed by atoms with Crippen molar-refractivity contribution in [1.82, 2.24) is 4.40 Å². The summed E-state index contributed by atoms with van der Waals surface area (Å²) in [4.78, 5) is 0. The first-order chi connectivity index (χ1) is 16.6. The van der Waals surface area contributed by atoms with Gasteiger partial charge in [-0.1, -0.05) is 60.7 Å². The second kappa shape index (κ2) is 7.28. The molecule has 0 saturated carbocycles. The van der Waals surface area contributed by atoms with Gasteiger partial charge >= 0.3 is 0 Å². The van der Waals surface area contributed by atoms with Crippen LogP contribution in [0.5, 0.6) is 0 Å². The Bertz CT molecular complexity index is 2000. The highest BCUT2D eigenvalue weighted by molar-refractivity contribution is 14.1. The predicted molar refractivity (Wildman–Crippen MR) is 152 cm³/mol. The topological polar surface area (TPSA) is 8.29 Å². The number of aryl methyl sites for hydroxylation is 2. The zero-order valence-corrected chi connectivity index (χ0v) is 21.2. The van der Waals surface area contributed by atoms with Crippen molar-refractivity contribution in [2.24, 2.45) is 7.05 Å². The summed E-state index contributed by atoms with van der Waals surface area (Å²) in [5.41, 5.74) is 5.07. The largest absolute Gasteiger partial charge is 0.294 e. The zero-order valence-electron chi connectivity index (χ0n) is 19.0. The first-order valence-corrected chi connectivity index (χ1v) is 12.6. The van der Waals surface area contributed by atoms with Crippen molar-refractivity contribution in [3.05, 3.63) is 106 Å². The maximum atomic E-state index is 2.52. The summed E-state index contributed by atoms with van der Waals surface area (Å²) in [6, 6.07) is 33.4. The van der Waals surface area contributed by atoms with Crippen LogP contribution in [0, 0.1) is 10.5 Å². The number of fused-ring (bicyclic) bond motifs is 10. The maximum absolute atomic E-state index is 2.52. The summed E-state index contributed by atoms with van der Waals surface area (Å²) in [6.45, 7) is 2.25. The molecule has 7 aromatic rings. The van der Waals surface area contributed by atoms with E-state index in [1.54, 1.807) is 0 Å². The molecule has 0 aliphatic rings. The van der Waals surface area contributed by atoms with E-state index in [-0.39, 0.29) is 0 Å². The van der Waals surface area contributed by atoms with Crippen LogP contribution < -0.4 is 4.57 Å². The minimum atomic E-state index is 1.19. The van der Waals surface area contributed by atoms with Gasteiger partial charge < -0.3 is 0 Å². The van der Waals surface area contributed by atoms with Gasteiger partial charge in [-0.05, 0) is 81.4 Å². The number of para-hydroxylation sites is 1. The molecule has 0 unspecified atom stereocenters. The van der Waals surface area contributed by atoms with E-state index < -0.39 is 0 Å². The molecule has 0 spiro atoms. The third-order valence-corrected chi connectivity index (χ3v) is 8.39. The summed E-state index contributed by atoms with van der Waals surface area (Å²) in [5, 5.41) is 10.2. The minimum Gasteiger partial charge on any atom is -0.236 e. The molecular weight excluding hydrogens is 527 g/mol. The fourth-order valence-electron chi connectivity index (χ4n) is 5.72. The number of benzene rings is 4. The van der Waals surface area contributed by atoms with E-state index in [1.807, 2.05) is 0 Å². The Morgan fingerprint density at radius 1 is 0.559 bits per heavy atom. The van der Waals surface area contributed by atoms with E-state index in [0.717, 1.165) is 0 Å². The maximum Gasteiger partial charge on any atom is 0.294 e. The van der Waals surface area contributed by atoms with Gasteiger partial charge in [0.15, 0.2) is 0 Å². The summed E-state index contributed by atoms with van der Waals surface area (Å²) in [7, 11) is 2.16. The molecule has 0 bridgehead atoms.